The van der Waals surface area contributed by atoms with Crippen molar-refractivity contribution < 1.29 is 27.0 Å². The molecule has 0 aromatic heterocycles. The molecule has 0 saturated carbocycles. The van der Waals surface area contributed by atoms with Crippen molar-refractivity contribution >= 4 is 15.8 Å². The summed E-state index contributed by atoms with van der Waals surface area (Å²) in [7, 11) is -1.63. The second kappa shape index (κ2) is 6.53. The number of rotatable bonds is 6. The summed E-state index contributed by atoms with van der Waals surface area (Å²) in [5, 5.41) is 11.0. The van der Waals surface area contributed by atoms with E-state index >= 15 is 0 Å². The van der Waals surface area contributed by atoms with E-state index in [9.17, 15) is 18.5 Å². The molecule has 0 spiro atoms. The number of nitro groups is 1. The number of non-ortho nitro benzene ring substituents is 1. The Morgan fingerprint density at radius 3 is 2.13 bits per heavy atom. The molecule has 0 radical (unpaired) electrons. The molecule has 0 aliphatic carbocycles. The molecule has 0 atom stereocenters. The zero-order valence-electron chi connectivity index (χ0n) is 12.3. The molecule has 0 aliphatic heterocycles. The molecule has 0 heterocycles. The van der Waals surface area contributed by atoms with E-state index in [2.05, 4.69) is 0 Å². The largest absolute Gasteiger partial charge is 0.492 e. The Morgan fingerprint density at radius 2 is 1.61 bits per heavy atom. The number of hydrogen-bond donors (Lipinski definition) is 0. The maximum Gasteiger partial charge on any atom is 0.339 e. The number of nitro benzene ring substituents is 1. The molecule has 0 aliphatic rings. The fraction of sp³-hybridized carbons (Fsp3) is 0.143. The summed E-state index contributed by atoms with van der Waals surface area (Å²) < 4.78 is 39.6. The Balaban J connectivity index is 2.54. The van der Waals surface area contributed by atoms with Crippen LogP contribution in [0, 0.1) is 10.1 Å². The van der Waals surface area contributed by atoms with E-state index in [0.29, 0.717) is 0 Å². The highest BCUT2D eigenvalue weighted by Gasteiger charge is 2.24. The van der Waals surface area contributed by atoms with E-state index in [4.69, 9.17) is 13.7 Å². The smallest absolute Gasteiger partial charge is 0.339 e. The molecule has 2 aromatic rings. The van der Waals surface area contributed by atoms with Crippen LogP contribution >= 0.6 is 0 Å². The van der Waals surface area contributed by atoms with Gasteiger partial charge in [-0.2, -0.15) is 8.42 Å². The Bertz CT molecular complexity index is 819. The van der Waals surface area contributed by atoms with Gasteiger partial charge in [-0.25, -0.2) is 0 Å². The highest BCUT2D eigenvalue weighted by atomic mass is 32.2. The van der Waals surface area contributed by atoms with Gasteiger partial charge in [0, 0.05) is 0 Å². The highest BCUT2D eigenvalue weighted by Crippen LogP contribution is 2.41. The fourth-order valence-corrected chi connectivity index (χ4v) is 2.78. The Kier molecular flexibility index (Phi) is 4.70. The van der Waals surface area contributed by atoms with Gasteiger partial charge in [0.1, 0.15) is 4.90 Å². The minimum atomic E-state index is -4.17. The predicted molar refractivity (Wildman–Crippen MR) is 80.5 cm³/mol. The van der Waals surface area contributed by atoms with Crippen LogP contribution in [0.15, 0.2) is 47.4 Å². The molecule has 0 N–H and O–H groups in total. The van der Waals surface area contributed by atoms with Crippen molar-refractivity contribution in [2.45, 2.75) is 4.90 Å². The summed E-state index contributed by atoms with van der Waals surface area (Å²) in [4.78, 5) is 10.2. The van der Waals surface area contributed by atoms with E-state index in [1.165, 1.54) is 38.5 Å². The molecule has 9 heteroatoms. The lowest BCUT2D eigenvalue weighted by molar-refractivity contribution is -0.385. The maximum absolute atomic E-state index is 12.3. The molecular formula is C14H13NO7S. The van der Waals surface area contributed by atoms with E-state index in [-0.39, 0.29) is 27.8 Å². The topological polar surface area (TPSA) is 105 Å². The van der Waals surface area contributed by atoms with Crippen LogP contribution in [0.25, 0.3) is 0 Å². The molecule has 0 fully saturated rings. The number of nitrogens with zero attached hydrogens (tertiary/aromatic N) is 1. The van der Waals surface area contributed by atoms with Crippen LogP contribution in [0.3, 0.4) is 0 Å². The Hall–Kier alpha value is -2.81. The number of benzene rings is 2. The minimum Gasteiger partial charge on any atom is -0.492 e. The first-order valence-corrected chi connectivity index (χ1v) is 7.70. The summed E-state index contributed by atoms with van der Waals surface area (Å²) in [6, 6.07) is 9.47. The lowest BCUT2D eigenvalue weighted by Gasteiger charge is -2.13. The van der Waals surface area contributed by atoms with Crippen LogP contribution in [0.2, 0.25) is 0 Å². The third-order valence-electron chi connectivity index (χ3n) is 2.87. The second-order valence-electron chi connectivity index (χ2n) is 4.29. The van der Waals surface area contributed by atoms with Gasteiger partial charge >= 0.3 is 10.1 Å². The van der Waals surface area contributed by atoms with Gasteiger partial charge in [0.2, 0.25) is 5.75 Å². The van der Waals surface area contributed by atoms with Crippen LogP contribution in [-0.4, -0.2) is 27.6 Å². The van der Waals surface area contributed by atoms with Crippen molar-refractivity contribution in [3.63, 3.8) is 0 Å². The predicted octanol–water partition coefficient (Wildman–Crippen LogP) is 2.38. The van der Waals surface area contributed by atoms with Crippen molar-refractivity contribution in [3.8, 4) is 17.2 Å². The summed E-state index contributed by atoms with van der Waals surface area (Å²) in [6.07, 6.45) is 0. The average Bonchev–Trinajstić information content (AvgIpc) is 2.54. The molecule has 2 rings (SSSR count). The third kappa shape index (κ3) is 3.51. The Labute approximate surface area is 132 Å². The first kappa shape index (κ1) is 16.6. The number of ether oxygens (including phenoxy) is 2. The van der Waals surface area contributed by atoms with Crippen LogP contribution in [0.4, 0.5) is 5.69 Å². The van der Waals surface area contributed by atoms with Crippen LogP contribution in [0.1, 0.15) is 0 Å². The van der Waals surface area contributed by atoms with Crippen molar-refractivity contribution in [3.05, 3.63) is 52.6 Å². The van der Waals surface area contributed by atoms with E-state index in [0.717, 1.165) is 12.1 Å². The maximum atomic E-state index is 12.3. The van der Waals surface area contributed by atoms with Gasteiger partial charge in [-0.3, -0.25) is 10.1 Å². The molecule has 0 bridgehead atoms. The minimum absolute atomic E-state index is 0.0139. The molecule has 0 amide bonds. The normalized spacial score (nSPS) is 10.9. The first-order valence-electron chi connectivity index (χ1n) is 6.29. The molecule has 0 unspecified atom stereocenters. The van der Waals surface area contributed by atoms with Gasteiger partial charge in [0.25, 0.3) is 5.69 Å². The molecule has 122 valence electrons. The SMILES string of the molecule is COc1cc([N+](=O)[O-])cc(OS(=O)(=O)c2ccccc2)c1OC. The average molecular weight is 339 g/mol. The third-order valence-corrected chi connectivity index (χ3v) is 4.12. The van der Waals surface area contributed by atoms with E-state index in [1.807, 2.05) is 0 Å². The van der Waals surface area contributed by atoms with Crippen molar-refractivity contribution in [1.29, 1.82) is 0 Å². The van der Waals surface area contributed by atoms with Crippen LogP contribution < -0.4 is 13.7 Å². The lowest BCUT2D eigenvalue weighted by atomic mass is 10.2. The Morgan fingerprint density at radius 1 is 1.00 bits per heavy atom. The monoisotopic (exact) mass is 339 g/mol. The molecule has 8 nitrogen and oxygen atoms in total. The van der Waals surface area contributed by atoms with Crippen LogP contribution in [-0.2, 0) is 10.1 Å². The number of methoxy groups -OCH3 is 2. The highest BCUT2D eigenvalue weighted by molar-refractivity contribution is 7.87. The van der Waals surface area contributed by atoms with Gasteiger partial charge in [-0.15, -0.1) is 0 Å². The van der Waals surface area contributed by atoms with Crippen molar-refractivity contribution in [2.75, 3.05) is 14.2 Å². The summed E-state index contributed by atoms with van der Waals surface area (Å²) in [6.45, 7) is 0. The molecule has 2 aromatic carbocycles. The van der Waals surface area contributed by atoms with Crippen molar-refractivity contribution in [1.82, 2.24) is 0 Å². The van der Waals surface area contributed by atoms with Gasteiger partial charge in [-0.05, 0) is 12.1 Å². The van der Waals surface area contributed by atoms with E-state index < -0.39 is 15.0 Å². The molecule has 0 saturated heterocycles. The standard InChI is InChI=1S/C14H13NO7S/c1-20-12-8-10(15(16)17)9-13(14(12)21-2)22-23(18,19)11-6-4-3-5-7-11/h3-9H,1-2H3. The van der Waals surface area contributed by atoms with Gasteiger partial charge < -0.3 is 13.7 Å². The zero-order chi connectivity index (χ0) is 17.0. The second-order valence-corrected chi connectivity index (χ2v) is 5.83. The summed E-state index contributed by atoms with van der Waals surface area (Å²) >= 11 is 0. The van der Waals surface area contributed by atoms with Crippen molar-refractivity contribution in [2.24, 2.45) is 0 Å². The summed E-state index contributed by atoms with van der Waals surface area (Å²) in [5.41, 5.74) is -0.388. The zero-order valence-corrected chi connectivity index (χ0v) is 13.1. The van der Waals surface area contributed by atoms with Crippen LogP contribution in [0.5, 0.6) is 17.2 Å². The first-order chi connectivity index (χ1) is 10.9. The number of hydrogen-bond acceptors (Lipinski definition) is 7. The van der Waals surface area contributed by atoms with Gasteiger partial charge in [0.05, 0.1) is 31.3 Å². The van der Waals surface area contributed by atoms with E-state index in [1.54, 1.807) is 6.07 Å². The molecule has 23 heavy (non-hydrogen) atoms. The fourth-order valence-electron chi connectivity index (χ4n) is 1.84. The summed E-state index contributed by atoms with van der Waals surface area (Å²) in [5.74, 6) is -0.403. The molecular weight excluding hydrogens is 326 g/mol. The lowest BCUT2D eigenvalue weighted by Crippen LogP contribution is -2.11. The van der Waals surface area contributed by atoms with Gasteiger partial charge in [0.15, 0.2) is 11.5 Å². The van der Waals surface area contributed by atoms with Gasteiger partial charge in [-0.1, -0.05) is 18.2 Å². The quantitative estimate of drug-likeness (QED) is 0.452.